The lowest BCUT2D eigenvalue weighted by Gasteiger charge is -2.27. The lowest BCUT2D eigenvalue weighted by atomic mass is 10.2. The van der Waals surface area contributed by atoms with Crippen molar-refractivity contribution in [3.63, 3.8) is 0 Å². The molecule has 0 aliphatic carbocycles. The minimum atomic E-state index is 0.891. The van der Waals surface area contributed by atoms with Gasteiger partial charge in [-0.05, 0) is 0 Å². The van der Waals surface area contributed by atoms with E-state index in [1.165, 1.54) is 0 Å². The molecular formula is C6H8O2. The van der Waals surface area contributed by atoms with E-state index >= 15 is 0 Å². The monoisotopic (exact) mass is 112 g/mol. The van der Waals surface area contributed by atoms with E-state index in [0.29, 0.717) is 0 Å². The van der Waals surface area contributed by atoms with Gasteiger partial charge in [0.25, 0.3) is 0 Å². The quantitative estimate of drug-likeness (QED) is 0.466. The first-order valence-corrected chi connectivity index (χ1v) is 2.94. The van der Waals surface area contributed by atoms with Crippen LogP contribution in [0.2, 0.25) is 0 Å². The highest BCUT2D eigenvalue weighted by Gasteiger charge is 2.22. The average Bonchev–Trinajstić information content (AvgIpc) is 1.47. The Morgan fingerprint density at radius 1 is 0.875 bits per heavy atom. The van der Waals surface area contributed by atoms with Crippen molar-refractivity contribution in [1.29, 1.82) is 0 Å². The van der Waals surface area contributed by atoms with E-state index in [2.05, 4.69) is 0 Å². The number of rotatable bonds is 0. The lowest BCUT2D eigenvalue weighted by molar-refractivity contribution is 0.0451. The Labute approximate surface area is 48.1 Å². The van der Waals surface area contributed by atoms with Crippen LogP contribution in [-0.2, 0) is 9.47 Å². The molecule has 0 amide bonds. The Hall–Kier alpha value is -0.660. The Kier molecular flexibility index (Phi) is 0.745. The van der Waals surface area contributed by atoms with Crippen molar-refractivity contribution < 1.29 is 9.47 Å². The summed E-state index contributed by atoms with van der Waals surface area (Å²) < 4.78 is 10.2. The molecule has 2 saturated heterocycles. The molecule has 2 heteroatoms. The van der Waals surface area contributed by atoms with Gasteiger partial charge in [0.05, 0.1) is 13.2 Å². The highest BCUT2D eigenvalue weighted by molar-refractivity contribution is 5.10. The van der Waals surface area contributed by atoms with E-state index in [9.17, 15) is 0 Å². The van der Waals surface area contributed by atoms with Gasteiger partial charge in [-0.25, -0.2) is 0 Å². The van der Waals surface area contributed by atoms with Crippen molar-refractivity contribution >= 4 is 0 Å². The predicted octanol–water partition coefficient (Wildman–Crippen LogP) is 1.04. The molecule has 2 aliphatic heterocycles. The molecule has 0 aromatic heterocycles. The van der Waals surface area contributed by atoms with E-state index in [1.807, 2.05) is 0 Å². The van der Waals surface area contributed by atoms with Crippen molar-refractivity contribution in [2.45, 2.75) is 12.8 Å². The van der Waals surface area contributed by atoms with Crippen molar-refractivity contribution in [3.05, 3.63) is 11.5 Å². The fourth-order valence-corrected chi connectivity index (χ4v) is 0.848. The first-order chi connectivity index (χ1) is 3.97. The summed E-state index contributed by atoms with van der Waals surface area (Å²) >= 11 is 0. The lowest BCUT2D eigenvalue weighted by Crippen LogP contribution is -2.19. The predicted molar refractivity (Wildman–Crippen MR) is 28.2 cm³/mol. The minimum Gasteiger partial charge on any atom is -0.494 e. The molecule has 2 aliphatic rings. The third-order valence-corrected chi connectivity index (χ3v) is 1.52. The Balaban J connectivity index is 2.07. The topological polar surface area (TPSA) is 18.5 Å². The molecule has 8 heavy (non-hydrogen) atoms. The molecule has 0 unspecified atom stereocenters. The molecule has 2 heterocycles. The average molecular weight is 112 g/mol. The molecule has 0 bridgehead atoms. The van der Waals surface area contributed by atoms with Crippen LogP contribution in [0.1, 0.15) is 12.8 Å². The summed E-state index contributed by atoms with van der Waals surface area (Å²) in [6, 6.07) is 0. The van der Waals surface area contributed by atoms with Crippen LogP contribution in [0.25, 0.3) is 0 Å². The third-order valence-electron chi connectivity index (χ3n) is 1.52. The third kappa shape index (κ3) is 0.427. The summed E-state index contributed by atoms with van der Waals surface area (Å²) in [5.74, 6) is 2.19. The van der Waals surface area contributed by atoms with Crippen LogP contribution in [0.3, 0.4) is 0 Å². The van der Waals surface area contributed by atoms with Gasteiger partial charge in [-0.2, -0.15) is 0 Å². The molecule has 0 atom stereocenters. The van der Waals surface area contributed by atoms with Crippen LogP contribution in [0, 0.1) is 0 Å². The van der Waals surface area contributed by atoms with Crippen molar-refractivity contribution in [3.8, 4) is 0 Å². The normalized spacial score (nSPS) is 34.0. The van der Waals surface area contributed by atoms with Crippen LogP contribution in [-0.4, -0.2) is 13.2 Å². The van der Waals surface area contributed by atoms with Crippen LogP contribution in [0.4, 0.5) is 0 Å². The van der Waals surface area contributed by atoms with Crippen molar-refractivity contribution in [2.75, 3.05) is 13.2 Å². The van der Waals surface area contributed by atoms with E-state index < -0.39 is 0 Å². The molecule has 2 fully saturated rings. The van der Waals surface area contributed by atoms with E-state index in [1.54, 1.807) is 0 Å². The summed E-state index contributed by atoms with van der Waals surface area (Å²) in [4.78, 5) is 0. The van der Waals surface area contributed by atoms with E-state index in [4.69, 9.17) is 9.47 Å². The Morgan fingerprint density at radius 3 is 1.38 bits per heavy atom. The second-order valence-corrected chi connectivity index (χ2v) is 2.04. The van der Waals surface area contributed by atoms with Gasteiger partial charge >= 0.3 is 0 Å². The van der Waals surface area contributed by atoms with E-state index in [-0.39, 0.29) is 0 Å². The largest absolute Gasteiger partial charge is 0.494 e. The summed E-state index contributed by atoms with van der Waals surface area (Å²) in [6.07, 6.45) is 2.19. The highest BCUT2D eigenvalue weighted by atomic mass is 16.5. The maximum absolute atomic E-state index is 5.09. The van der Waals surface area contributed by atoms with Crippen LogP contribution >= 0.6 is 0 Å². The summed E-state index contributed by atoms with van der Waals surface area (Å²) in [6.45, 7) is 1.78. The molecule has 0 radical (unpaired) electrons. The highest BCUT2D eigenvalue weighted by Crippen LogP contribution is 2.28. The SMILES string of the molecule is C1CC(=C2CCO2)O1. The second kappa shape index (κ2) is 1.41. The van der Waals surface area contributed by atoms with Gasteiger partial charge in [-0.1, -0.05) is 0 Å². The molecule has 44 valence electrons. The van der Waals surface area contributed by atoms with Gasteiger partial charge in [0, 0.05) is 12.8 Å². The molecule has 0 N–H and O–H groups in total. The first-order valence-electron chi connectivity index (χ1n) is 2.94. The number of hydrogen-bond acceptors (Lipinski definition) is 2. The summed E-state index contributed by atoms with van der Waals surface area (Å²) in [7, 11) is 0. The minimum absolute atomic E-state index is 0.891. The molecule has 0 aromatic rings. The van der Waals surface area contributed by atoms with Gasteiger partial charge in [0.1, 0.15) is 11.5 Å². The number of ether oxygens (including phenoxy) is 2. The first kappa shape index (κ1) is 4.24. The molecule has 2 rings (SSSR count). The van der Waals surface area contributed by atoms with Gasteiger partial charge in [-0.3, -0.25) is 0 Å². The Bertz CT molecular complexity index is 109. The van der Waals surface area contributed by atoms with Crippen LogP contribution in [0.5, 0.6) is 0 Å². The van der Waals surface area contributed by atoms with Gasteiger partial charge in [0.15, 0.2) is 0 Å². The molecular weight excluding hydrogens is 104 g/mol. The molecule has 2 nitrogen and oxygen atoms in total. The van der Waals surface area contributed by atoms with Crippen LogP contribution in [0.15, 0.2) is 11.5 Å². The summed E-state index contributed by atoms with van der Waals surface area (Å²) in [5, 5.41) is 0. The zero-order chi connectivity index (χ0) is 5.40. The van der Waals surface area contributed by atoms with Gasteiger partial charge < -0.3 is 9.47 Å². The van der Waals surface area contributed by atoms with Crippen LogP contribution < -0.4 is 0 Å². The maximum Gasteiger partial charge on any atom is 0.137 e. The fraction of sp³-hybridized carbons (Fsp3) is 0.667. The smallest absolute Gasteiger partial charge is 0.137 e. The molecule has 0 saturated carbocycles. The number of hydrogen-bond donors (Lipinski definition) is 0. The van der Waals surface area contributed by atoms with E-state index in [0.717, 1.165) is 37.6 Å². The molecule has 0 spiro atoms. The van der Waals surface area contributed by atoms with Gasteiger partial charge in [0.2, 0.25) is 0 Å². The second-order valence-electron chi connectivity index (χ2n) is 2.04. The van der Waals surface area contributed by atoms with Gasteiger partial charge in [-0.15, -0.1) is 0 Å². The standard InChI is InChI=1S/C6H8O2/c1-3-7-5(1)6-2-4-8-6/h1-4H2. The zero-order valence-electron chi connectivity index (χ0n) is 4.64. The van der Waals surface area contributed by atoms with Crippen molar-refractivity contribution in [2.24, 2.45) is 0 Å². The van der Waals surface area contributed by atoms with Crippen molar-refractivity contribution in [1.82, 2.24) is 0 Å². The fourth-order valence-electron chi connectivity index (χ4n) is 0.848. The zero-order valence-corrected chi connectivity index (χ0v) is 4.64. The molecule has 0 aromatic carbocycles. The maximum atomic E-state index is 5.09. The Morgan fingerprint density at radius 2 is 1.25 bits per heavy atom. The summed E-state index contributed by atoms with van der Waals surface area (Å²) in [5.41, 5.74) is 0.